The summed E-state index contributed by atoms with van der Waals surface area (Å²) in [6, 6.07) is 2.38. The average molecular weight is 1440 g/mol. The topological polar surface area (TPSA) is 181 Å². The summed E-state index contributed by atoms with van der Waals surface area (Å²) in [5.41, 5.74) is 1.85. The molecular weight excluding hydrogens is 1310 g/mol. The van der Waals surface area contributed by atoms with E-state index in [4.69, 9.17) is 9.47 Å². The SMILES string of the molecule is C=C(C)C(=O)N(CC)C1CC2CCC1C2.C=C(C)C(=O)NC1CC2CCC1C2.C=C(C)C(=O)OC1CC2CC1C1C3CCC(C3)C21.C=CC(=O)N(C)C1CC2CCC1C2.C=CC(=O)NC1CC2CC1C1C3CCC(C3)C21.C=CC(=O)NC1CC2CCC1C2.C=CC(=O)OC1CC2CC1C1C3CCC(C3)C21. The molecule has 33 atom stereocenters. The lowest BCUT2D eigenvalue weighted by Crippen LogP contribution is -2.44. The molecule has 20 bridgehead atoms. The first-order valence-electron chi connectivity index (χ1n) is 42.9. The maximum absolute atomic E-state index is 12.0. The maximum Gasteiger partial charge on any atom is 0.333 e. The Morgan fingerprint density at radius 1 is 0.371 bits per heavy atom. The van der Waals surface area contributed by atoms with Gasteiger partial charge in [-0.2, -0.15) is 0 Å². The van der Waals surface area contributed by atoms with E-state index >= 15 is 0 Å². The highest BCUT2D eigenvalue weighted by Gasteiger charge is 2.66. The molecular formula is C91H133N5O9. The number of carbonyl (C=O) groups is 7. The summed E-state index contributed by atoms with van der Waals surface area (Å²) in [6.45, 7) is 33.4. The summed E-state index contributed by atoms with van der Waals surface area (Å²) in [6.07, 6.45) is 47.8. The van der Waals surface area contributed by atoms with E-state index in [0.29, 0.717) is 58.8 Å². The molecule has 105 heavy (non-hydrogen) atoms. The van der Waals surface area contributed by atoms with Crippen molar-refractivity contribution >= 4 is 41.5 Å². The van der Waals surface area contributed by atoms with Crippen LogP contribution in [0, 0.1) is 154 Å². The van der Waals surface area contributed by atoms with Gasteiger partial charge in [-0.05, 0) is 373 Å². The second-order valence-corrected chi connectivity index (χ2v) is 38.4. The van der Waals surface area contributed by atoms with Crippen molar-refractivity contribution < 1.29 is 43.0 Å². The van der Waals surface area contributed by atoms with Gasteiger partial charge in [0.05, 0.1) is 0 Å². The normalized spacial score (nSPS) is 44.3. The minimum Gasteiger partial charge on any atom is -0.459 e. The Kier molecular flexibility index (Phi) is 23.4. The first-order valence-corrected chi connectivity index (χ1v) is 42.9. The number of fused-ring (bicyclic) bond motifs is 35. The van der Waals surface area contributed by atoms with E-state index in [9.17, 15) is 33.6 Å². The number of rotatable bonds is 15. The van der Waals surface area contributed by atoms with E-state index in [1.54, 1.807) is 13.8 Å². The predicted octanol–water partition coefficient (Wildman–Crippen LogP) is 16.1. The largest absolute Gasteiger partial charge is 0.459 e. The summed E-state index contributed by atoms with van der Waals surface area (Å²) in [5, 5.41) is 9.25. The number of hydrogen-bond donors (Lipinski definition) is 3. The van der Waals surface area contributed by atoms with Crippen LogP contribution in [0.5, 0.6) is 0 Å². The Morgan fingerprint density at radius 3 is 1.16 bits per heavy atom. The van der Waals surface area contributed by atoms with Crippen molar-refractivity contribution in [2.75, 3.05) is 13.6 Å². The molecule has 20 aliphatic carbocycles. The number of carbonyl (C=O) groups excluding carboxylic acids is 7. The fourth-order valence-corrected chi connectivity index (χ4v) is 29.4. The molecule has 20 rings (SSSR count). The van der Waals surface area contributed by atoms with Gasteiger partial charge in [0.2, 0.25) is 29.5 Å². The molecule has 5 amide bonds. The second kappa shape index (κ2) is 32.2. The van der Waals surface area contributed by atoms with Crippen LogP contribution in [-0.4, -0.2) is 107 Å². The second-order valence-electron chi connectivity index (χ2n) is 38.4. The van der Waals surface area contributed by atoms with E-state index in [1.165, 1.54) is 211 Å². The lowest BCUT2D eigenvalue weighted by atomic mass is 9.69. The monoisotopic (exact) mass is 1440 g/mol. The summed E-state index contributed by atoms with van der Waals surface area (Å²) < 4.78 is 11.2. The Bertz CT molecular complexity index is 3260. The minimum absolute atomic E-state index is 0.00690. The molecule has 14 heteroatoms. The van der Waals surface area contributed by atoms with Crippen LogP contribution in [0.1, 0.15) is 227 Å². The van der Waals surface area contributed by atoms with Gasteiger partial charge in [0.25, 0.3) is 0 Å². The molecule has 0 aromatic carbocycles. The van der Waals surface area contributed by atoms with Crippen molar-refractivity contribution in [1.29, 1.82) is 0 Å². The van der Waals surface area contributed by atoms with Crippen LogP contribution in [0.25, 0.3) is 0 Å². The number of likely N-dealkylation sites (N-methyl/N-ethyl adjacent to an activating group) is 2. The van der Waals surface area contributed by atoms with Crippen LogP contribution in [-0.2, 0) is 43.0 Å². The summed E-state index contributed by atoms with van der Waals surface area (Å²) in [5.74, 6) is 23.2. The van der Waals surface area contributed by atoms with Gasteiger partial charge in [-0.1, -0.05) is 71.7 Å². The van der Waals surface area contributed by atoms with Crippen LogP contribution >= 0.6 is 0 Å². The van der Waals surface area contributed by atoms with Crippen LogP contribution in [0.2, 0.25) is 0 Å². The highest BCUT2D eigenvalue weighted by Crippen LogP contribution is 2.70. The number of nitrogens with one attached hydrogen (secondary N) is 3. The molecule has 0 spiro atoms. The first kappa shape index (κ1) is 76.2. The zero-order valence-corrected chi connectivity index (χ0v) is 65.0. The quantitative estimate of drug-likeness (QED) is 0.0817. The average Bonchev–Trinajstić information content (AvgIpc) is 1.57. The Balaban J connectivity index is 0.000000104. The molecule has 0 aromatic rings. The highest BCUT2D eigenvalue weighted by molar-refractivity contribution is 5.93. The number of hydrogen-bond acceptors (Lipinski definition) is 9. The van der Waals surface area contributed by atoms with Gasteiger partial charge >= 0.3 is 11.9 Å². The fourth-order valence-electron chi connectivity index (χ4n) is 29.4. The Labute approximate surface area is 630 Å². The molecule has 14 nitrogen and oxygen atoms in total. The molecule has 33 unspecified atom stereocenters. The van der Waals surface area contributed by atoms with Gasteiger partial charge < -0.3 is 35.2 Å². The van der Waals surface area contributed by atoms with Crippen LogP contribution in [0.4, 0.5) is 0 Å². The Morgan fingerprint density at radius 2 is 0.771 bits per heavy atom. The van der Waals surface area contributed by atoms with Gasteiger partial charge in [0.15, 0.2) is 0 Å². The third-order valence-corrected chi connectivity index (χ3v) is 33.1. The van der Waals surface area contributed by atoms with E-state index in [2.05, 4.69) is 68.9 Å². The van der Waals surface area contributed by atoms with Crippen LogP contribution < -0.4 is 16.0 Å². The number of amides is 5. The molecule has 0 aliphatic heterocycles. The molecule has 3 N–H and O–H groups in total. The van der Waals surface area contributed by atoms with Crippen molar-refractivity contribution in [2.24, 2.45) is 154 Å². The zero-order chi connectivity index (χ0) is 74.0. The summed E-state index contributed by atoms with van der Waals surface area (Å²) in [7, 11) is 1.91. The van der Waals surface area contributed by atoms with Crippen molar-refractivity contribution in [3.63, 3.8) is 0 Å². The van der Waals surface area contributed by atoms with E-state index < -0.39 is 0 Å². The molecule has 576 valence electrons. The highest BCUT2D eigenvalue weighted by atomic mass is 16.5. The molecule has 0 radical (unpaired) electrons. The minimum atomic E-state index is -0.220. The molecule has 20 fully saturated rings. The van der Waals surface area contributed by atoms with E-state index in [1.807, 2.05) is 23.8 Å². The van der Waals surface area contributed by atoms with Gasteiger partial charge in [0.1, 0.15) is 12.2 Å². The molecule has 0 aromatic heterocycles. The maximum atomic E-state index is 12.0. The summed E-state index contributed by atoms with van der Waals surface area (Å²) in [4.78, 5) is 84.2. The molecule has 0 heterocycles. The fraction of sp³-hybridized carbons (Fsp3) is 0.769. The molecule has 20 aliphatic rings. The smallest absolute Gasteiger partial charge is 0.333 e. The zero-order valence-electron chi connectivity index (χ0n) is 65.0. The standard InChI is InChI=1S/C16H22O2.C15H21NO.C15H20O2.C13H21NO.2C11H17NO.C10H15NO/c1-8(2)16(17)18-13-7-11-6-12(13)15-10-4-3-9(5-10)14(11)15;1-2-13(17)16-12-7-10-6-11(12)15-9-4-3-8(5-9)14(10)15;1-2-13(16)17-12-7-10-6-11(12)15-9-4-3-8(5-9)14(10)15;1-4-14(13(15)9(2)3)12-8-10-5-6-11(12)7-10;1-7(2)11(13)12-10-6-8-3-4-9(10)5-8;1-3-11(13)12(2)10-7-8-4-5-9(10)6-8;1-2-10(12)11-9-6-7-3-4-8(9)5-7/h9-15H,1,3-7H2,2H3;2,8-12,14-15H,1,3-7H2,(H,16,17);2,8-12,14-15H,1,3-7H2;10-12H,2,4-8H2,1,3H3;8-10H,1,3-6H2,2H3,(H,12,13);3,8-10H,1,4-7H2,2H3;2,7-9H,1,3-6H2,(H,11,12). The van der Waals surface area contributed by atoms with E-state index in [-0.39, 0.29) is 53.7 Å². The Hall–Kier alpha value is -5.53. The van der Waals surface area contributed by atoms with Gasteiger partial charge in [-0.25, -0.2) is 9.59 Å². The first-order chi connectivity index (χ1) is 50.5. The van der Waals surface area contributed by atoms with Gasteiger partial charge in [-0.15, -0.1) is 0 Å². The molecule has 20 saturated carbocycles. The van der Waals surface area contributed by atoms with Gasteiger partial charge in [0, 0.05) is 66.6 Å². The number of ether oxygens (including phenoxy) is 2. The van der Waals surface area contributed by atoms with Crippen LogP contribution in [0.15, 0.2) is 87.1 Å². The molecule has 0 saturated heterocycles. The summed E-state index contributed by atoms with van der Waals surface area (Å²) >= 11 is 0. The van der Waals surface area contributed by atoms with Crippen molar-refractivity contribution in [3.05, 3.63) is 87.1 Å². The van der Waals surface area contributed by atoms with Gasteiger partial charge in [-0.3, -0.25) is 24.0 Å². The predicted molar refractivity (Wildman–Crippen MR) is 412 cm³/mol. The third kappa shape index (κ3) is 15.5. The lowest BCUT2D eigenvalue weighted by molar-refractivity contribution is -0.149. The van der Waals surface area contributed by atoms with E-state index in [0.717, 1.165) is 161 Å². The van der Waals surface area contributed by atoms with Crippen molar-refractivity contribution in [3.8, 4) is 0 Å². The lowest BCUT2D eigenvalue weighted by Gasteiger charge is -2.38. The van der Waals surface area contributed by atoms with Crippen molar-refractivity contribution in [1.82, 2.24) is 25.8 Å². The number of nitrogens with zero attached hydrogens (tertiary/aromatic N) is 2. The van der Waals surface area contributed by atoms with Crippen molar-refractivity contribution in [2.45, 2.75) is 269 Å². The van der Waals surface area contributed by atoms with Crippen LogP contribution in [0.3, 0.4) is 0 Å². The third-order valence-electron chi connectivity index (χ3n) is 33.1. The number of esters is 2.